The summed E-state index contributed by atoms with van der Waals surface area (Å²) < 4.78 is 12.0. The minimum absolute atomic E-state index is 0.0252. The highest BCUT2D eigenvalue weighted by molar-refractivity contribution is 7.73. The van der Waals surface area contributed by atoms with Crippen molar-refractivity contribution in [2.75, 3.05) is 11.4 Å². The molecule has 1 aliphatic carbocycles. The first-order valence-electron chi connectivity index (χ1n) is 15.2. The molecule has 3 aromatic carbocycles. The second kappa shape index (κ2) is 15.4. The fraction of sp³-hybridized carbons (Fsp3) is 0.324. The van der Waals surface area contributed by atoms with Gasteiger partial charge in [0.1, 0.15) is 24.5 Å². The number of ether oxygens (including phenoxy) is 2. The van der Waals surface area contributed by atoms with Gasteiger partial charge < -0.3 is 20.9 Å². The fourth-order valence-electron chi connectivity index (χ4n) is 6.01. The maximum atomic E-state index is 14.7. The lowest BCUT2D eigenvalue weighted by Gasteiger charge is -2.48. The third-order valence-corrected chi connectivity index (χ3v) is 9.29. The van der Waals surface area contributed by atoms with E-state index in [9.17, 15) is 14.4 Å². The third kappa shape index (κ3) is 7.59. The molecule has 5 rings (SSSR count). The average molecular weight is 660 g/mol. The summed E-state index contributed by atoms with van der Waals surface area (Å²) in [4.78, 5) is 43.5. The highest BCUT2D eigenvalue weighted by Gasteiger charge is 2.58. The van der Waals surface area contributed by atoms with Gasteiger partial charge in [0, 0.05) is 0 Å². The van der Waals surface area contributed by atoms with Gasteiger partial charge in [-0.2, -0.15) is 0 Å². The Labute approximate surface area is 276 Å². The Balaban J connectivity index is 1.43. The predicted molar refractivity (Wildman–Crippen MR) is 179 cm³/mol. The maximum Gasteiger partial charge on any atom is 0.312 e. The quantitative estimate of drug-likeness (QED) is 0.135. The Morgan fingerprint density at radius 2 is 1.61 bits per heavy atom. The number of nitrogens with two attached hydrogens (primary N) is 2. The number of carbonyl (C=O) groups is 3. The molecule has 1 fully saturated rings. The summed E-state index contributed by atoms with van der Waals surface area (Å²) in [5, 5.41) is 7.09. The molecule has 0 spiro atoms. The van der Waals surface area contributed by atoms with Crippen molar-refractivity contribution < 1.29 is 23.9 Å². The number of rotatable bonds is 13. The van der Waals surface area contributed by atoms with E-state index in [4.69, 9.17) is 33.2 Å². The molecule has 3 atom stereocenters. The molecule has 0 bridgehead atoms. The van der Waals surface area contributed by atoms with Crippen LogP contribution in [0.3, 0.4) is 0 Å². The number of anilines is 1. The lowest BCUT2D eigenvalue weighted by molar-refractivity contribution is -0.157. The van der Waals surface area contributed by atoms with Gasteiger partial charge in [0.2, 0.25) is 11.0 Å². The van der Waals surface area contributed by atoms with Crippen LogP contribution in [0.2, 0.25) is 0 Å². The molecule has 1 aromatic heterocycles. The summed E-state index contributed by atoms with van der Waals surface area (Å²) in [6.45, 7) is 0.0395. The van der Waals surface area contributed by atoms with E-state index in [1.807, 2.05) is 84.9 Å². The van der Waals surface area contributed by atoms with Crippen LogP contribution in [0, 0.1) is 9.87 Å². The average Bonchev–Trinajstić information content (AvgIpc) is 3.52. The van der Waals surface area contributed by atoms with E-state index < -0.39 is 41.7 Å². The van der Waals surface area contributed by atoms with Crippen molar-refractivity contribution in [2.45, 2.75) is 56.9 Å². The van der Waals surface area contributed by atoms with E-state index in [0.29, 0.717) is 35.6 Å². The number of esters is 1. The van der Waals surface area contributed by atoms with E-state index in [1.165, 1.54) is 4.90 Å². The summed E-state index contributed by atoms with van der Waals surface area (Å²) >= 11 is 6.30. The number of carbonyl (C=O) groups excluding carboxylic acids is 3. The number of hydrogen-bond donors (Lipinski definition) is 3. The molecular formula is C34H37N5O5S2. The Morgan fingerprint density at radius 3 is 2.22 bits per heavy atom. The summed E-state index contributed by atoms with van der Waals surface area (Å²) in [6, 6.07) is 25.4. The van der Waals surface area contributed by atoms with Crippen LogP contribution >= 0.6 is 23.6 Å². The monoisotopic (exact) mass is 659 g/mol. The Morgan fingerprint density at radius 1 is 0.957 bits per heavy atom. The molecule has 1 amide bonds. The molecule has 1 heterocycles. The van der Waals surface area contributed by atoms with Gasteiger partial charge in [0.25, 0.3) is 0 Å². The lowest BCUT2D eigenvalue weighted by atomic mass is 9.67. The van der Waals surface area contributed by atoms with Crippen LogP contribution in [0.25, 0.3) is 0 Å². The number of Topliss-reactive ketones (excluding diaryl/α,β-unsaturated/α-hetero) is 1. The number of nitrogens with one attached hydrogen (secondary N) is 1. The zero-order valence-corrected chi connectivity index (χ0v) is 26.9. The van der Waals surface area contributed by atoms with Crippen molar-refractivity contribution in [1.29, 1.82) is 0 Å². The van der Waals surface area contributed by atoms with E-state index in [2.05, 4.69) is 10.2 Å². The minimum Gasteiger partial charge on any atom is -0.489 e. The molecule has 1 aliphatic rings. The molecule has 4 aromatic rings. The van der Waals surface area contributed by atoms with Crippen LogP contribution in [0.15, 0.2) is 84.9 Å². The Kier molecular flexibility index (Phi) is 11.1. The van der Waals surface area contributed by atoms with Crippen molar-refractivity contribution in [3.05, 3.63) is 106 Å². The van der Waals surface area contributed by atoms with Crippen molar-refractivity contribution in [1.82, 2.24) is 10.2 Å². The molecule has 2 unspecified atom stereocenters. The van der Waals surface area contributed by atoms with E-state index in [1.54, 1.807) is 0 Å². The predicted octanol–water partition coefficient (Wildman–Crippen LogP) is 4.88. The highest BCUT2D eigenvalue weighted by atomic mass is 32.1. The van der Waals surface area contributed by atoms with Gasteiger partial charge >= 0.3 is 5.97 Å². The van der Waals surface area contributed by atoms with Gasteiger partial charge in [-0.25, -0.2) is 0 Å². The molecule has 0 aliphatic heterocycles. The maximum absolute atomic E-state index is 14.7. The molecule has 10 nitrogen and oxygen atoms in total. The zero-order valence-electron chi connectivity index (χ0n) is 25.3. The molecule has 0 radical (unpaired) electrons. The zero-order chi connectivity index (χ0) is 32.5. The minimum atomic E-state index is -1.67. The number of aromatic amines is 1. The first-order chi connectivity index (χ1) is 22.3. The van der Waals surface area contributed by atoms with Crippen LogP contribution in [-0.4, -0.2) is 46.0 Å². The number of amides is 1. The number of aromatic nitrogens is 2. The van der Waals surface area contributed by atoms with Crippen LogP contribution in [0.4, 0.5) is 5.13 Å². The van der Waals surface area contributed by atoms with Crippen molar-refractivity contribution >= 4 is 46.3 Å². The Hall–Kier alpha value is -4.23. The number of ketones is 1. The molecular weight excluding hydrogens is 623 g/mol. The van der Waals surface area contributed by atoms with E-state index in [-0.39, 0.29) is 24.6 Å². The number of benzene rings is 3. The van der Waals surface area contributed by atoms with Gasteiger partial charge in [-0.1, -0.05) is 97.0 Å². The molecule has 0 saturated heterocycles. The third-order valence-electron chi connectivity index (χ3n) is 8.22. The summed E-state index contributed by atoms with van der Waals surface area (Å²) in [5.74, 6) is -1.93. The smallest absolute Gasteiger partial charge is 0.312 e. The second-order valence-electron chi connectivity index (χ2n) is 11.2. The van der Waals surface area contributed by atoms with Crippen LogP contribution < -0.4 is 21.1 Å². The summed E-state index contributed by atoms with van der Waals surface area (Å²) in [5.41, 5.74) is 13.6. The van der Waals surface area contributed by atoms with Crippen molar-refractivity contribution in [3.63, 3.8) is 0 Å². The SMILES string of the molecule is NCC(=O)N(c1n[nH]c(=S)s1)C1(C(=O)[C@@H](N)Cc2ccc(OCc3ccccc3)cc2)CCCCC1C(=O)OCc1ccccc1. The number of H-pyrrole nitrogens is 1. The standard InChI is InChI=1S/C34H37N5O5S2/c35-20-29(40)39(32-37-38-33(45)46-32)34(18-8-7-13-27(34)31(42)44-22-25-11-5-2-6-12-25)30(41)28(36)19-23-14-16-26(17-15-23)43-21-24-9-3-1-4-10-24/h1-6,9-12,14-17,27-28H,7-8,13,18-22,35-36H2,(H,38,45)/t27?,28-,34?/m0/s1. The van der Waals surface area contributed by atoms with Crippen molar-refractivity contribution in [2.24, 2.45) is 17.4 Å². The second-order valence-corrected chi connectivity index (χ2v) is 12.9. The first kappa shape index (κ1) is 33.1. The lowest BCUT2D eigenvalue weighted by Crippen LogP contribution is -2.69. The number of hydrogen-bond acceptors (Lipinski definition) is 10. The van der Waals surface area contributed by atoms with E-state index in [0.717, 1.165) is 28.0 Å². The topological polar surface area (TPSA) is 154 Å². The van der Waals surface area contributed by atoms with Crippen LogP contribution in [0.1, 0.15) is 42.4 Å². The fourth-order valence-corrected chi connectivity index (χ4v) is 6.98. The van der Waals surface area contributed by atoms with Crippen molar-refractivity contribution in [3.8, 4) is 5.75 Å². The summed E-state index contributed by atoms with van der Waals surface area (Å²) in [6.07, 6.45) is 1.93. The normalized spacial score (nSPS) is 18.3. The molecule has 46 heavy (non-hydrogen) atoms. The molecule has 12 heteroatoms. The van der Waals surface area contributed by atoms with Gasteiger partial charge in [-0.05, 0) is 60.3 Å². The van der Waals surface area contributed by atoms with Gasteiger partial charge in [0.15, 0.2) is 9.74 Å². The first-order valence-corrected chi connectivity index (χ1v) is 16.4. The largest absolute Gasteiger partial charge is 0.489 e. The van der Waals surface area contributed by atoms with Crippen LogP contribution in [0.5, 0.6) is 5.75 Å². The van der Waals surface area contributed by atoms with Crippen LogP contribution in [-0.2, 0) is 38.8 Å². The summed E-state index contributed by atoms with van der Waals surface area (Å²) in [7, 11) is 0. The van der Waals surface area contributed by atoms with Gasteiger partial charge in [-0.15, -0.1) is 5.10 Å². The van der Waals surface area contributed by atoms with Gasteiger partial charge in [-0.3, -0.25) is 24.4 Å². The molecule has 5 N–H and O–H groups in total. The molecule has 240 valence electrons. The highest BCUT2D eigenvalue weighted by Crippen LogP contribution is 2.44. The van der Waals surface area contributed by atoms with E-state index >= 15 is 0 Å². The van der Waals surface area contributed by atoms with Gasteiger partial charge in [0.05, 0.1) is 18.5 Å². The Bertz CT molecular complexity index is 1680. The number of nitrogens with zero attached hydrogens (tertiary/aromatic N) is 2. The molecule has 1 saturated carbocycles.